The molecule has 1 aliphatic heterocycles. The van der Waals surface area contributed by atoms with E-state index in [0.717, 1.165) is 6.07 Å². The van der Waals surface area contributed by atoms with Crippen LogP contribution < -0.4 is 0 Å². The molecule has 1 aliphatic rings. The summed E-state index contributed by atoms with van der Waals surface area (Å²) in [5, 5.41) is 18.7. The van der Waals surface area contributed by atoms with Gasteiger partial charge in [-0.25, -0.2) is 0 Å². The van der Waals surface area contributed by atoms with Gasteiger partial charge in [0.15, 0.2) is 0 Å². The Morgan fingerprint density at radius 2 is 1.77 bits per heavy atom. The van der Waals surface area contributed by atoms with E-state index >= 15 is 0 Å². The Bertz CT molecular complexity index is 745. The number of hydrogen-bond donors (Lipinski definition) is 0. The van der Waals surface area contributed by atoms with Crippen molar-refractivity contribution in [2.24, 2.45) is 10.9 Å². The molecule has 6 heteroatoms. The molecule has 1 aromatic carbocycles. The largest absolute Gasteiger partial charge is 0.416 e. The van der Waals surface area contributed by atoms with E-state index in [1.807, 2.05) is 12.1 Å². The minimum absolute atomic E-state index is 0.0632. The van der Waals surface area contributed by atoms with Gasteiger partial charge in [0.25, 0.3) is 0 Å². The van der Waals surface area contributed by atoms with Crippen molar-refractivity contribution in [2.75, 3.05) is 0 Å². The minimum Gasteiger partial charge on any atom is -0.260 e. The van der Waals surface area contributed by atoms with Crippen LogP contribution in [0.15, 0.2) is 40.5 Å². The van der Waals surface area contributed by atoms with E-state index in [-0.39, 0.29) is 11.1 Å². The van der Waals surface area contributed by atoms with E-state index in [1.54, 1.807) is 13.8 Å². The van der Waals surface area contributed by atoms with Gasteiger partial charge in [-0.3, -0.25) is 4.99 Å². The van der Waals surface area contributed by atoms with Gasteiger partial charge in [0.1, 0.15) is 0 Å². The van der Waals surface area contributed by atoms with Gasteiger partial charge < -0.3 is 0 Å². The Labute approximate surface area is 126 Å². The van der Waals surface area contributed by atoms with Gasteiger partial charge in [-0.1, -0.05) is 18.2 Å². The zero-order valence-electron chi connectivity index (χ0n) is 11.9. The van der Waals surface area contributed by atoms with Crippen molar-refractivity contribution < 1.29 is 13.2 Å². The van der Waals surface area contributed by atoms with Crippen LogP contribution in [-0.4, -0.2) is 5.71 Å². The fourth-order valence-electron chi connectivity index (χ4n) is 2.71. The Hall–Kier alpha value is -2.60. The molecule has 112 valence electrons. The van der Waals surface area contributed by atoms with Crippen molar-refractivity contribution in [3.8, 4) is 12.1 Å². The lowest BCUT2D eigenvalue weighted by Crippen LogP contribution is -2.26. The fraction of sp³-hybridized carbons (Fsp3) is 0.312. The van der Waals surface area contributed by atoms with Crippen molar-refractivity contribution in [2.45, 2.75) is 25.9 Å². The molecule has 22 heavy (non-hydrogen) atoms. The normalized spacial score (nSPS) is 21.9. The molecule has 0 fully saturated rings. The van der Waals surface area contributed by atoms with Crippen molar-refractivity contribution >= 4 is 5.71 Å². The molecule has 0 bridgehead atoms. The lowest BCUT2D eigenvalue weighted by atomic mass is 9.75. The smallest absolute Gasteiger partial charge is 0.260 e. The number of alkyl halides is 3. The van der Waals surface area contributed by atoms with Crippen LogP contribution in [-0.2, 0) is 6.18 Å². The van der Waals surface area contributed by atoms with Gasteiger partial charge in [0, 0.05) is 11.6 Å². The van der Waals surface area contributed by atoms with Crippen LogP contribution in [0.3, 0.4) is 0 Å². The summed E-state index contributed by atoms with van der Waals surface area (Å²) in [6, 6.07) is 8.96. The van der Waals surface area contributed by atoms with E-state index in [2.05, 4.69) is 4.99 Å². The predicted octanol–water partition coefficient (Wildman–Crippen LogP) is 4.20. The Balaban J connectivity index is 2.73. The summed E-state index contributed by atoms with van der Waals surface area (Å²) in [5.74, 6) is -1.84. The maximum absolute atomic E-state index is 13.2. The van der Waals surface area contributed by atoms with Crippen molar-refractivity contribution in [1.29, 1.82) is 10.5 Å². The summed E-state index contributed by atoms with van der Waals surface area (Å²) >= 11 is 0. The summed E-state index contributed by atoms with van der Waals surface area (Å²) in [7, 11) is 0. The molecule has 1 heterocycles. The minimum atomic E-state index is -4.55. The molecule has 0 saturated carbocycles. The first-order valence-corrected chi connectivity index (χ1v) is 6.53. The van der Waals surface area contributed by atoms with Crippen LogP contribution in [0, 0.1) is 28.6 Å². The van der Waals surface area contributed by atoms with Gasteiger partial charge >= 0.3 is 6.18 Å². The number of hydrogen-bond acceptors (Lipinski definition) is 3. The van der Waals surface area contributed by atoms with E-state index in [4.69, 9.17) is 0 Å². The van der Waals surface area contributed by atoms with Crippen LogP contribution in [0.5, 0.6) is 0 Å². The number of nitriles is 2. The van der Waals surface area contributed by atoms with Gasteiger partial charge in [-0.2, -0.15) is 23.7 Å². The molecular weight excluding hydrogens is 291 g/mol. The van der Waals surface area contributed by atoms with E-state index in [9.17, 15) is 23.7 Å². The van der Waals surface area contributed by atoms with Gasteiger partial charge in [0.05, 0.1) is 34.9 Å². The maximum atomic E-state index is 13.2. The van der Waals surface area contributed by atoms with Crippen LogP contribution >= 0.6 is 0 Å². The van der Waals surface area contributed by atoms with Crippen LogP contribution in [0.1, 0.15) is 30.9 Å². The third kappa shape index (κ3) is 2.60. The Morgan fingerprint density at radius 3 is 2.32 bits per heavy atom. The molecular formula is C16H12F3N3. The molecule has 0 aromatic heterocycles. The highest BCUT2D eigenvalue weighted by molar-refractivity contribution is 5.90. The standard InChI is InChI=1S/C16H12F3N3/c1-9-12(7-20)15(13(8-21)10(2)22-9)11-5-3-4-6-14(11)16(17,18)19/h3-6,12,15H,1-2H3/t12?,15-/m0/s1. The lowest BCUT2D eigenvalue weighted by Gasteiger charge is -2.28. The van der Waals surface area contributed by atoms with Crippen LogP contribution in [0.25, 0.3) is 0 Å². The van der Waals surface area contributed by atoms with Gasteiger partial charge in [-0.15, -0.1) is 0 Å². The van der Waals surface area contributed by atoms with Gasteiger partial charge in [0.2, 0.25) is 0 Å². The molecule has 1 unspecified atom stereocenters. The van der Waals surface area contributed by atoms with E-state index < -0.39 is 23.6 Å². The van der Waals surface area contributed by atoms with Gasteiger partial charge in [-0.05, 0) is 25.5 Å². The number of rotatable bonds is 1. The molecule has 0 N–H and O–H groups in total. The van der Waals surface area contributed by atoms with Crippen molar-refractivity contribution in [3.63, 3.8) is 0 Å². The second-order valence-electron chi connectivity index (χ2n) is 5.03. The zero-order valence-corrected chi connectivity index (χ0v) is 11.9. The second-order valence-corrected chi connectivity index (χ2v) is 5.03. The van der Waals surface area contributed by atoms with Crippen molar-refractivity contribution in [1.82, 2.24) is 0 Å². The quantitative estimate of drug-likeness (QED) is 0.780. The highest BCUT2D eigenvalue weighted by atomic mass is 19.4. The number of aliphatic imine (C=N–C) groups is 1. The summed E-state index contributed by atoms with van der Waals surface area (Å²) in [6.45, 7) is 3.16. The highest BCUT2D eigenvalue weighted by Crippen LogP contribution is 2.43. The topological polar surface area (TPSA) is 59.9 Å². The van der Waals surface area contributed by atoms with Crippen LogP contribution in [0.2, 0.25) is 0 Å². The molecule has 0 radical (unpaired) electrons. The number of nitrogens with zero attached hydrogens (tertiary/aromatic N) is 3. The summed E-state index contributed by atoms with van der Waals surface area (Å²) in [4.78, 5) is 4.12. The maximum Gasteiger partial charge on any atom is 0.416 e. The number of halogens is 3. The predicted molar refractivity (Wildman–Crippen MR) is 74.7 cm³/mol. The first-order chi connectivity index (χ1) is 10.3. The molecule has 2 rings (SSSR count). The molecule has 0 aliphatic carbocycles. The third-order valence-electron chi connectivity index (χ3n) is 3.69. The van der Waals surface area contributed by atoms with Crippen LogP contribution in [0.4, 0.5) is 13.2 Å². The average Bonchev–Trinajstić information content (AvgIpc) is 2.45. The SMILES string of the molecule is CC1=NC(C)=C(C#N)[C@@H](c2ccccc2C(F)(F)F)C1C#N. The molecule has 1 aromatic rings. The molecule has 0 amide bonds. The Kier molecular flexibility index (Phi) is 4.05. The molecule has 2 atom stereocenters. The third-order valence-corrected chi connectivity index (χ3v) is 3.69. The Morgan fingerprint density at radius 1 is 1.14 bits per heavy atom. The summed E-state index contributed by atoms with van der Waals surface area (Å²) in [5.41, 5.74) is -0.00879. The first-order valence-electron chi connectivity index (χ1n) is 6.53. The average molecular weight is 303 g/mol. The number of allylic oxidation sites excluding steroid dienone is 2. The first kappa shape index (κ1) is 15.8. The van der Waals surface area contributed by atoms with E-state index in [1.165, 1.54) is 18.2 Å². The highest BCUT2D eigenvalue weighted by Gasteiger charge is 2.40. The molecule has 0 saturated heterocycles. The lowest BCUT2D eigenvalue weighted by molar-refractivity contribution is -0.138. The molecule has 3 nitrogen and oxygen atoms in total. The zero-order chi connectivity index (χ0) is 16.5. The fourth-order valence-corrected chi connectivity index (χ4v) is 2.71. The van der Waals surface area contributed by atoms with Crippen molar-refractivity contribution in [3.05, 3.63) is 46.7 Å². The monoisotopic (exact) mass is 303 g/mol. The molecule has 0 spiro atoms. The summed E-state index contributed by atoms with van der Waals surface area (Å²) < 4.78 is 39.7. The van der Waals surface area contributed by atoms with E-state index in [0.29, 0.717) is 11.4 Å². The summed E-state index contributed by atoms with van der Waals surface area (Å²) in [6.07, 6.45) is -4.55. The number of benzene rings is 1. The second kappa shape index (κ2) is 5.65.